The normalized spacial score (nSPS) is 28.7. The van der Waals surface area contributed by atoms with E-state index in [0.717, 1.165) is 18.8 Å². The molecule has 0 saturated heterocycles. The van der Waals surface area contributed by atoms with E-state index < -0.39 is 0 Å². The van der Waals surface area contributed by atoms with Crippen LogP contribution in [0.15, 0.2) is 36.7 Å². The molecule has 0 spiro atoms. The molecule has 1 fully saturated rings. The molecule has 0 radical (unpaired) electrons. The molecule has 0 amide bonds. The highest BCUT2D eigenvalue weighted by Gasteiger charge is 2.36. The molecule has 3 rings (SSSR count). The van der Waals surface area contributed by atoms with Crippen LogP contribution >= 0.6 is 0 Å². The Hall–Kier alpha value is -1.41. The van der Waals surface area contributed by atoms with E-state index in [1.54, 1.807) is 0 Å². The van der Waals surface area contributed by atoms with Gasteiger partial charge < -0.3 is 5.73 Å². The third-order valence-corrected chi connectivity index (χ3v) is 4.02. The van der Waals surface area contributed by atoms with E-state index in [4.69, 9.17) is 5.73 Å². The van der Waals surface area contributed by atoms with Crippen LogP contribution in [-0.4, -0.2) is 4.98 Å². The Bertz CT molecular complexity index is 544. The molecule has 2 nitrogen and oxygen atoms in total. The van der Waals surface area contributed by atoms with Gasteiger partial charge in [0.1, 0.15) is 0 Å². The molecule has 2 unspecified atom stereocenters. The lowest BCUT2D eigenvalue weighted by Crippen LogP contribution is -2.33. The average Bonchev–Trinajstić information content (AvgIpc) is 2.70. The summed E-state index contributed by atoms with van der Waals surface area (Å²) in [5.74, 6) is 0.729. The van der Waals surface area contributed by atoms with Crippen LogP contribution in [0.4, 0.5) is 0 Å². The van der Waals surface area contributed by atoms with Gasteiger partial charge in [0, 0.05) is 23.3 Å². The van der Waals surface area contributed by atoms with E-state index in [1.165, 1.54) is 22.8 Å². The maximum absolute atomic E-state index is 6.61. The van der Waals surface area contributed by atoms with E-state index in [2.05, 4.69) is 36.2 Å². The first-order chi connectivity index (χ1) is 8.19. The number of fused-ring (bicyclic) bond motifs is 1. The van der Waals surface area contributed by atoms with Crippen LogP contribution in [0.25, 0.3) is 10.8 Å². The topological polar surface area (TPSA) is 38.9 Å². The van der Waals surface area contributed by atoms with Gasteiger partial charge in [0.05, 0.1) is 0 Å². The van der Waals surface area contributed by atoms with Gasteiger partial charge >= 0.3 is 0 Å². The monoisotopic (exact) mass is 226 g/mol. The lowest BCUT2D eigenvalue weighted by molar-refractivity contribution is 0.444. The zero-order valence-electron chi connectivity index (χ0n) is 10.2. The zero-order valence-corrected chi connectivity index (χ0v) is 10.2. The van der Waals surface area contributed by atoms with Crippen molar-refractivity contribution in [2.24, 2.45) is 11.7 Å². The standard InChI is InChI=1S/C15H18N2/c1-11-5-7-15(16,9-11)14-4-2-3-12-6-8-17-10-13(12)14/h2-4,6,8,10-11H,5,7,9,16H2,1H3. The lowest BCUT2D eigenvalue weighted by Gasteiger charge is -2.26. The van der Waals surface area contributed by atoms with Crippen molar-refractivity contribution in [3.8, 4) is 0 Å². The summed E-state index contributed by atoms with van der Waals surface area (Å²) in [5.41, 5.74) is 7.73. The number of pyridine rings is 1. The first-order valence-electron chi connectivity index (χ1n) is 6.31. The highest BCUT2D eigenvalue weighted by Crippen LogP contribution is 2.41. The van der Waals surface area contributed by atoms with Crippen molar-refractivity contribution in [3.05, 3.63) is 42.2 Å². The summed E-state index contributed by atoms with van der Waals surface area (Å²) in [4.78, 5) is 4.24. The molecule has 0 bridgehead atoms. The Morgan fingerprint density at radius 2 is 2.24 bits per heavy atom. The Balaban J connectivity index is 2.17. The fourth-order valence-electron chi connectivity index (χ4n) is 3.12. The summed E-state index contributed by atoms with van der Waals surface area (Å²) >= 11 is 0. The van der Waals surface area contributed by atoms with Crippen LogP contribution in [-0.2, 0) is 5.54 Å². The number of hydrogen-bond donors (Lipinski definition) is 1. The molecule has 0 aliphatic heterocycles. The van der Waals surface area contributed by atoms with Gasteiger partial charge in [0.2, 0.25) is 0 Å². The van der Waals surface area contributed by atoms with Gasteiger partial charge in [0.25, 0.3) is 0 Å². The second kappa shape index (κ2) is 3.81. The van der Waals surface area contributed by atoms with Crippen molar-refractivity contribution < 1.29 is 0 Å². The highest BCUT2D eigenvalue weighted by atomic mass is 14.8. The Morgan fingerprint density at radius 3 is 3.00 bits per heavy atom. The quantitative estimate of drug-likeness (QED) is 0.811. The van der Waals surface area contributed by atoms with Crippen LogP contribution in [0, 0.1) is 5.92 Å². The molecule has 1 aromatic heterocycles. The molecule has 1 aliphatic carbocycles. The van der Waals surface area contributed by atoms with Gasteiger partial charge in [-0.05, 0) is 42.2 Å². The van der Waals surface area contributed by atoms with Crippen LogP contribution in [0.5, 0.6) is 0 Å². The number of nitrogens with two attached hydrogens (primary N) is 1. The van der Waals surface area contributed by atoms with Crippen LogP contribution in [0.2, 0.25) is 0 Å². The SMILES string of the molecule is CC1CCC(N)(c2cccc3ccncc23)C1. The Kier molecular flexibility index (Phi) is 2.40. The van der Waals surface area contributed by atoms with E-state index in [1.807, 2.05) is 12.4 Å². The molecular formula is C15H18N2. The lowest BCUT2D eigenvalue weighted by atomic mass is 9.86. The third kappa shape index (κ3) is 1.73. The summed E-state index contributed by atoms with van der Waals surface area (Å²) in [6, 6.07) is 8.46. The Morgan fingerprint density at radius 1 is 1.35 bits per heavy atom. The first kappa shape index (κ1) is 10.7. The fraction of sp³-hybridized carbons (Fsp3) is 0.400. The second-order valence-corrected chi connectivity index (χ2v) is 5.41. The van der Waals surface area contributed by atoms with E-state index in [-0.39, 0.29) is 5.54 Å². The summed E-state index contributed by atoms with van der Waals surface area (Å²) in [6.07, 6.45) is 7.19. The molecule has 2 atom stereocenters. The average molecular weight is 226 g/mol. The molecule has 88 valence electrons. The van der Waals surface area contributed by atoms with Gasteiger partial charge in [0.15, 0.2) is 0 Å². The fourth-order valence-corrected chi connectivity index (χ4v) is 3.12. The van der Waals surface area contributed by atoms with Gasteiger partial charge in [-0.15, -0.1) is 0 Å². The molecule has 1 aliphatic rings. The van der Waals surface area contributed by atoms with Crippen LogP contribution in [0.1, 0.15) is 31.7 Å². The maximum Gasteiger partial charge on any atom is 0.0419 e. The van der Waals surface area contributed by atoms with Crippen molar-refractivity contribution in [1.29, 1.82) is 0 Å². The molecule has 2 aromatic rings. The number of aromatic nitrogens is 1. The molecular weight excluding hydrogens is 208 g/mol. The minimum absolute atomic E-state index is 0.151. The summed E-state index contributed by atoms with van der Waals surface area (Å²) < 4.78 is 0. The molecule has 1 aromatic carbocycles. The largest absolute Gasteiger partial charge is 0.321 e. The zero-order chi connectivity index (χ0) is 11.9. The number of hydrogen-bond acceptors (Lipinski definition) is 2. The number of benzene rings is 1. The summed E-state index contributed by atoms with van der Waals surface area (Å²) in [6.45, 7) is 2.29. The number of nitrogens with zero attached hydrogens (tertiary/aromatic N) is 1. The predicted molar refractivity (Wildman–Crippen MR) is 70.6 cm³/mol. The second-order valence-electron chi connectivity index (χ2n) is 5.41. The van der Waals surface area contributed by atoms with Crippen molar-refractivity contribution in [2.45, 2.75) is 31.7 Å². The molecule has 2 heteroatoms. The molecule has 2 N–H and O–H groups in total. The van der Waals surface area contributed by atoms with Crippen molar-refractivity contribution >= 4 is 10.8 Å². The minimum Gasteiger partial charge on any atom is -0.321 e. The number of rotatable bonds is 1. The van der Waals surface area contributed by atoms with Gasteiger partial charge in [-0.3, -0.25) is 4.98 Å². The molecule has 1 saturated carbocycles. The smallest absolute Gasteiger partial charge is 0.0419 e. The van der Waals surface area contributed by atoms with E-state index >= 15 is 0 Å². The Labute approximate surface area is 102 Å². The first-order valence-corrected chi connectivity index (χ1v) is 6.31. The maximum atomic E-state index is 6.61. The highest BCUT2D eigenvalue weighted by molar-refractivity contribution is 5.85. The third-order valence-electron chi connectivity index (χ3n) is 4.02. The van der Waals surface area contributed by atoms with Gasteiger partial charge in [-0.1, -0.05) is 25.1 Å². The van der Waals surface area contributed by atoms with E-state index in [0.29, 0.717) is 0 Å². The van der Waals surface area contributed by atoms with E-state index in [9.17, 15) is 0 Å². The summed E-state index contributed by atoms with van der Waals surface area (Å²) in [5, 5.41) is 2.45. The van der Waals surface area contributed by atoms with Crippen molar-refractivity contribution in [1.82, 2.24) is 4.98 Å². The minimum atomic E-state index is -0.151. The van der Waals surface area contributed by atoms with Gasteiger partial charge in [-0.2, -0.15) is 0 Å². The summed E-state index contributed by atoms with van der Waals surface area (Å²) in [7, 11) is 0. The van der Waals surface area contributed by atoms with Crippen LogP contribution < -0.4 is 5.73 Å². The van der Waals surface area contributed by atoms with Crippen molar-refractivity contribution in [3.63, 3.8) is 0 Å². The molecule has 1 heterocycles. The van der Waals surface area contributed by atoms with Crippen LogP contribution in [0.3, 0.4) is 0 Å². The molecule has 17 heavy (non-hydrogen) atoms. The van der Waals surface area contributed by atoms with Gasteiger partial charge in [-0.25, -0.2) is 0 Å². The predicted octanol–water partition coefficient (Wildman–Crippen LogP) is 3.21. The van der Waals surface area contributed by atoms with Crippen molar-refractivity contribution in [2.75, 3.05) is 0 Å².